The summed E-state index contributed by atoms with van der Waals surface area (Å²) >= 11 is 0. The second kappa shape index (κ2) is 24.2. The number of aliphatic hydroxyl groups is 1. The van der Waals surface area contributed by atoms with Crippen LogP contribution in [0.1, 0.15) is 78.7 Å². The van der Waals surface area contributed by atoms with Crippen molar-refractivity contribution in [1.29, 1.82) is 0 Å². The molecule has 1 aliphatic rings. The molecule has 0 spiro atoms. The summed E-state index contributed by atoms with van der Waals surface area (Å²) in [7, 11) is 0. The fourth-order valence-electron chi connectivity index (χ4n) is 6.29. The van der Waals surface area contributed by atoms with Gasteiger partial charge in [-0.25, -0.2) is 4.79 Å². The molecular formula is C39H59N9O13. The zero-order valence-electron chi connectivity index (χ0n) is 34.8. The molecular weight excluding hydrogens is 802 g/mol. The van der Waals surface area contributed by atoms with Crippen molar-refractivity contribution < 1.29 is 63.3 Å². The van der Waals surface area contributed by atoms with Crippen molar-refractivity contribution in [3.63, 3.8) is 0 Å². The summed E-state index contributed by atoms with van der Waals surface area (Å²) in [6, 6.07) is -2.51. The van der Waals surface area contributed by atoms with Crippen LogP contribution in [0.4, 0.5) is 0 Å². The highest BCUT2D eigenvalue weighted by Crippen LogP contribution is 2.20. The van der Waals surface area contributed by atoms with Crippen LogP contribution in [0.2, 0.25) is 0 Å². The fourth-order valence-corrected chi connectivity index (χ4v) is 6.29. The number of likely N-dealkylation sites (tertiary alicyclic amines) is 1. The second-order valence-corrected chi connectivity index (χ2v) is 15.3. The number of hydrogen-bond donors (Lipinski definition) is 11. The molecule has 1 saturated heterocycles. The van der Waals surface area contributed by atoms with Crippen molar-refractivity contribution in [3.8, 4) is 0 Å². The molecule has 0 saturated carbocycles. The first-order valence-corrected chi connectivity index (χ1v) is 19.9. The Balaban J connectivity index is 2.34. The Kier molecular flexibility index (Phi) is 20.2. The van der Waals surface area contributed by atoms with Gasteiger partial charge in [0.1, 0.15) is 42.3 Å². The summed E-state index contributed by atoms with van der Waals surface area (Å²) in [6.45, 7) is 7.06. The van der Waals surface area contributed by atoms with Crippen LogP contribution >= 0.6 is 0 Å². The van der Waals surface area contributed by atoms with Gasteiger partial charge in [-0.15, -0.1) is 0 Å². The minimum atomic E-state index is -1.69. The van der Waals surface area contributed by atoms with E-state index < -0.39 is 132 Å². The van der Waals surface area contributed by atoms with E-state index in [1.807, 2.05) is 0 Å². The molecule has 8 amide bonds. The van der Waals surface area contributed by atoms with Gasteiger partial charge in [-0.1, -0.05) is 44.2 Å². The molecule has 0 unspecified atom stereocenters. The zero-order chi connectivity index (χ0) is 46.1. The van der Waals surface area contributed by atoms with Crippen LogP contribution in [0, 0.1) is 5.92 Å². The molecule has 9 atom stereocenters. The molecule has 1 fully saturated rings. The van der Waals surface area contributed by atoms with Gasteiger partial charge in [0.05, 0.1) is 12.1 Å². The molecule has 0 aliphatic carbocycles. The fraction of sp³-hybridized carbons (Fsp3) is 0.590. The van der Waals surface area contributed by atoms with Gasteiger partial charge in [-0.05, 0) is 57.9 Å². The van der Waals surface area contributed by atoms with E-state index in [0.717, 1.165) is 4.90 Å². The molecule has 2 rings (SSSR count). The summed E-state index contributed by atoms with van der Waals surface area (Å²) in [4.78, 5) is 129. The van der Waals surface area contributed by atoms with E-state index in [0.29, 0.717) is 12.0 Å². The van der Waals surface area contributed by atoms with Crippen molar-refractivity contribution in [3.05, 3.63) is 35.9 Å². The van der Waals surface area contributed by atoms with Crippen molar-refractivity contribution in [1.82, 2.24) is 36.8 Å². The average Bonchev–Trinajstić information content (AvgIpc) is 3.68. The van der Waals surface area contributed by atoms with E-state index in [1.165, 1.54) is 20.8 Å². The molecule has 0 bridgehead atoms. The Labute approximate surface area is 352 Å². The maximum Gasteiger partial charge on any atom is 0.326 e. The van der Waals surface area contributed by atoms with Crippen molar-refractivity contribution in [2.24, 2.45) is 17.4 Å². The van der Waals surface area contributed by atoms with Gasteiger partial charge in [-0.3, -0.25) is 43.2 Å². The van der Waals surface area contributed by atoms with Crippen LogP contribution in [0.3, 0.4) is 0 Å². The molecule has 1 aromatic carbocycles. The lowest BCUT2D eigenvalue weighted by atomic mass is 10.0. The van der Waals surface area contributed by atoms with Crippen LogP contribution in [-0.4, -0.2) is 140 Å². The van der Waals surface area contributed by atoms with Crippen LogP contribution in [-0.2, 0) is 54.4 Å². The zero-order valence-corrected chi connectivity index (χ0v) is 34.8. The Morgan fingerprint density at radius 1 is 0.705 bits per heavy atom. The molecule has 22 heteroatoms. The van der Waals surface area contributed by atoms with Gasteiger partial charge in [-0.2, -0.15) is 0 Å². The predicted octanol–water partition coefficient (Wildman–Crippen LogP) is -3.25. The molecule has 13 N–H and O–H groups in total. The van der Waals surface area contributed by atoms with Crippen LogP contribution in [0.15, 0.2) is 30.3 Å². The third kappa shape index (κ3) is 16.4. The number of nitrogens with zero attached hydrogens (tertiary/aromatic N) is 1. The van der Waals surface area contributed by atoms with Gasteiger partial charge in [0.15, 0.2) is 0 Å². The third-order valence-electron chi connectivity index (χ3n) is 9.79. The largest absolute Gasteiger partial charge is 0.481 e. The van der Waals surface area contributed by atoms with Crippen LogP contribution in [0.25, 0.3) is 0 Å². The molecule has 0 aromatic heterocycles. The molecule has 1 aliphatic heterocycles. The quantitative estimate of drug-likeness (QED) is 0.0487. The van der Waals surface area contributed by atoms with Gasteiger partial charge < -0.3 is 63.6 Å². The summed E-state index contributed by atoms with van der Waals surface area (Å²) < 4.78 is 0. The lowest BCUT2D eigenvalue weighted by molar-refractivity contribution is -0.147. The maximum absolute atomic E-state index is 13.9. The van der Waals surface area contributed by atoms with E-state index in [9.17, 15) is 63.3 Å². The number of aliphatic carboxylic acids is 2. The number of amides is 8. The normalized spacial score (nSPS) is 17.5. The van der Waals surface area contributed by atoms with Gasteiger partial charge in [0.25, 0.3) is 0 Å². The topological polar surface area (TPSA) is 359 Å². The lowest BCUT2D eigenvalue weighted by Crippen LogP contribution is -2.61. The van der Waals surface area contributed by atoms with E-state index in [1.54, 1.807) is 44.2 Å². The molecule has 61 heavy (non-hydrogen) atoms. The van der Waals surface area contributed by atoms with E-state index in [2.05, 4.69) is 31.9 Å². The van der Waals surface area contributed by atoms with E-state index >= 15 is 0 Å². The molecule has 1 aromatic rings. The number of primary amides is 1. The number of carboxylic acids is 2. The highest BCUT2D eigenvalue weighted by molar-refractivity contribution is 5.98. The molecule has 0 radical (unpaired) electrons. The Hall–Kier alpha value is -6.16. The Morgan fingerprint density at radius 3 is 1.77 bits per heavy atom. The SMILES string of the molecule is CC(C)[C@H](NC(=O)[C@@H]1CCCN1C(=O)[C@@H](NC(=O)[C@H](CCC(=O)O)NC(=O)[C@H](Cc1ccccc1)NC(=O)[C@H](C)NC(=O)[C@H](CCC(N)=O)NC(=O)[C@H](C)N)[C@@H](C)O)C(=O)O. The van der Waals surface area contributed by atoms with Crippen molar-refractivity contribution >= 4 is 59.2 Å². The van der Waals surface area contributed by atoms with Gasteiger partial charge in [0.2, 0.25) is 47.3 Å². The van der Waals surface area contributed by atoms with E-state index in [-0.39, 0.29) is 32.2 Å². The molecule has 22 nitrogen and oxygen atoms in total. The maximum atomic E-state index is 13.9. The number of nitrogens with one attached hydrogen (secondary N) is 6. The summed E-state index contributed by atoms with van der Waals surface area (Å²) in [6.07, 6.45) is -2.87. The number of carbonyl (C=O) groups is 10. The summed E-state index contributed by atoms with van der Waals surface area (Å²) in [5.41, 5.74) is 11.4. The monoisotopic (exact) mass is 861 g/mol. The smallest absolute Gasteiger partial charge is 0.326 e. The third-order valence-corrected chi connectivity index (χ3v) is 9.79. The van der Waals surface area contributed by atoms with Crippen LogP contribution < -0.4 is 43.4 Å². The Morgan fingerprint density at radius 2 is 1.25 bits per heavy atom. The number of hydrogen-bond acceptors (Lipinski definition) is 12. The first kappa shape index (κ1) is 51.0. The highest BCUT2D eigenvalue weighted by Gasteiger charge is 2.41. The molecule has 338 valence electrons. The predicted molar refractivity (Wildman–Crippen MR) is 215 cm³/mol. The van der Waals surface area contributed by atoms with Crippen molar-refractivity contribution in [2.45, 2.75) is 134 Å². The first-order chi connectivity index (χ1) is 28.5. The van der Waals surface area contributed by atoms with E-state index in [4.69, 9.17) is 11.5 Å². The van der Waals surface area contributed by atoms with Gasteiger partial charge in [0, 0.05) is 25.8 Å². The number of carboxylic acid groups (broad SMARTS) is 2. The average molecular weight is 862 g/mol. The van der Waals surface area contributed by atoms with Crippen molar-refractivity contribution in [2.75, 3.05) is 6.54 Å². The minimum absolute atomic E-state index is 0.0317. The first-order valence-electron chi connectivity index (χ1n) is 19.9. The number of carbonyl (C=O) groups excluding carboxylic acids is 8. The second-order valence-electron chi connectivity index (χ2n) is 15.3. The minimum Gasteiger partial charge on any atom is -0.481 e. The number of benzene rings is 1. The molecule has 1 heterocycles. The summed E-state index contributed by atoms with van der Waals surface area (Å²) in [5, 5.41) is 44.2. The van der Waals surface area contributed by atoms with Gasteiger partial charge >= 0.3 is 11.9 Å². The standard InChI is InChI=1S/C39H59N9O13/c1-19(2)30(39(60)61)46-37(58)27-12-9-17-48(27)38(59)31(22(5)49)47-35(56)25(14-16-29(51)52)44-36(57)26(18-23-10-7-6-8-11-23)45-33(54)21(4)42-34(55)24(13-15-28(41)50)43-32(53)20(3)40/h6-8,10-11,19-22,24-27,30-31,49H,9,12-18,40H2,1-5H3,(H2,41,50)(H,42,55)(H,43,53)(H,44,57)(H,45,54)(H,46,58)(H,47,56)(H,51,52)(H,60,61)/t20-,21-,22+,24-,25-,26-,27-,30-,31-/m0/s1. The number of rotatable bonds is 24. The Bertz CT molecular complexity index is 1760. The number of nitrogens with two attached hydrogens (primary N) is 2. The number of aliphatic hydroxyl groups excluding tert-OH is 1. The lowest BCUT2D eigenvalue weighted by Gasteiger charge is -2.32. The van der Waals surface area contributed by atoms with Crippen LogP contribution in [0.5, 0.6) is 0 Å². The summed E-state index contributed by atoms with van der Waals surface area (Å²) in [5.74, 6) is -10.0. The highest BCUT2D eigenvalue weighted by atomic mass is 16.4.